The Labute approximate surface area is 264 Å². The summed E-state index contributed by atoms with van der Waals surface area (Å²) < 4.78 is 8.49. The van der Waals surface area contributed by atoms with Gasteiger partial charge in [-0.25, -0.2) is 19.9 Å². The van der Waals surface area contributed by atoms with Gasteiger partial charge in [-0.05, 0) is 65.7 Å². The van der Waals surface area contributed by atoms with Crippen molar-refractivity contribution in [3.8, 4) is 51.0 Å². The van der Waals surface area contributed by atoms with E-state index < -0.39 is 0 Å². The van der Waals surface area contributed by atoms with Gasteiger partial charge in [0.2, 0.25) is 5.89 Å². The van der Waals surface area contributed by atoms with Gasteiger partial charge in [0.25, 0.3) is 0 Å². The van der Waals surface area contributed by atoms with Crippen molar-refractivity contribution >= 4 is 32.9 Å². The molecule has 0 amide bonds. The highest BCUT2D eigenvalue weighted by Gasteiger charge is 2.19. The van der Waals surface area contributed by atoms with Gasteiger partial charge in [-0.2, -0.15) is 0 Å². The molecule has 0 aliphatic rings. The van der Waals surface area contributed by atoms with Crippen molar-refractivity contribution in [2.24, 2.45) is 0 Å². The van der Waals surface area contributed by atoms with E-state index in [-0.39, 0.29) is 0 Å². The summed E-state index contributed by atoms with van der Waals surface area (Å²) in [5, 5.41) is 2.23. The highest BCUT2D eigenvalue weighted by molar-refractivity contribution is 6.12. The second-order valence-electron chi connectivity index (χ2n) is 11.2. The third kappa shape index (κ3) is 4.35. The first-order valence-electron chi connectivity index (χ1n) is 15.1. The third-order valence-electron chi connectivity index (χ3n) is 8.40. The molecule has 216 valence electrons. The van der Waals surface area contributed by atoms with Crippen molar-refractivity contribution in [3.63, 3.8) is 0 Å². The Morgan fingerprint density at radius 2 is 1.11 bits per heavy atom. The summed E-state index contributed by atoms with van der Waals surface area (Å²) in [4.78, 5) is 18.8. The van der Waals surface area contributed by atoms with Crippen molar-refractivity contribution in [2.45, 2.75) is 0 Å². The number of hydrogen-bond donors (Lipinski definition) is 0. The Morgan fingerprint density at radius 1 is 0.478 bits per heavy atom. The summed E-state index contributed by atoms with van der Waals surface area (Å²) in [5.41, 5.74) is 9.83. The monoisotopic (exact) mass is 591 g/mol. The van der Waals surface area contributed by atoms with E-state index in [9.17, 15) is 0 Å². The van der Waals surface area contributed by atoms with Crippen LogP contribution in [0.15, 0.2) is 156 Å². The molecule has 0 atom stereocenters. The first-order valence-corrected chi connectivity index (χ1v) is 15.1. The van der Waals surface area contributed by atoms with E-state index in [1.54, 1.807) is 6.33 Å². The minimum absolute atomic E-state index is 0.599. The molecular weight excluding hydrogens is 566 g/mol. The lowest BCUT2D eigenvalue weighted by Crippen LogP contribution is -2.01. The Hall–Kier alpha value is -6.40. The molecular formula is C40H25N5O. The normalized spacial score (nSPS) is 11.5. The molecule has 0 aliphatic heterocycles. The maximum Gasteiger partial charge on any atom is 0.227 e. The van der Waals surface area contributed by atoms with Crippen LogP contribution in [-0.2, 0) is 0 Å². The van der Waals surface area contributed by atoms with Crippen LogP contribution in [0.25, 0.3) is 83.9 Å². The number of fused-ring (bicyclic) bond motifs is 4. The lowest BCUT2D eigenvalue weighted by Gasteiger charge is -2.13. The quantitative estimate of drug-likeness (QED) is 0.199. The van der Waals surface area contributed by atoms with Crippen molar-refractivity contribution < 1.29 is 4.42 Å². The third-order valence-corrected chi connectivity index (χ3v) is 8.40. The van der Waals surface area contributed by atoms with Crippen molar-refractivity contribution in [1.82, 2.24) is 24.5 Å². The number of oxazole rings is 1. The summed E-state index contributed by atoms with van der Waals surface area (Å²) in [6, 6.07) is 49.7. The van der Waals surface area contributed by atoms with Crippen LogP contribution in [0.5, 0.6) is 0 Å². The van der Waals surface area contributed by atoms with E-state index in [0.29, 0.717) is 17.5 Å². The average Bonchev–Trinajstić information content (AvgIpc) is 3.71. The molecule has 3 heterocycles. The molecule has 0 unspecified atom stereocenters. The highest BCUT2D eigenvalue weighted by atomic mass is 16.3. The maximum absolute atomic E-state index is 6.18. The van der Waals surface area contributed by atoms with Gasteiger partial charge < -0.3 is 8.98 Å². The number of para-hydroxylation sites is 3. The fraction of sp³-hybridized carbons (Fsp3) is 0. The fourth-order valence-electron chi connectivity index (χ4n) is 6.23. The molecule has 0 N–H and O–H groups in total. The molecule has 0 saturated carbocycles. The Bertz CT molecular complexity index is 2500. The predicted molar refractivity (Wildman–Crippen MR) is 183 cm³/mol. The van der Waals surface area contributed by atoms with Crippen LogP contribution in [0.2, 0.25) is 0 Å². The second kappa shape index (κ2) is 10.6. The highest BCUT2D eigenvalue weighted by Crippen LogP contribution is 2.39. The minimum Gasteiger partial charge on any atom is -0.436 e. The van der Waals surface area contributed by atoms with Crippen molar-refractivity contribution in [1.29, 1.82) is 0 Å². The molecule has 3 aromatic heterocycles. The summed E-state index contributed by atoms with van der Waals surface area (Å²) in [7, 11) is 0. The SMILES string of the molecule is c1ccc(-c2ccc3c(c2)c2cc(-c4nc5ccccc5o4)ccc2n3-c2ccccc2-c2ncnc(-c3ccccc3)n2)cc1. The molecule has 0 spiro atoms. The van der Waals surface area contributed by atoms with Gasteiger partial charge in [0.05, 0.1) is 16.7 Å². The number of hydrogen-bond acceptors (Lipinski definition) is 5. The number of aromatic nitrogens is 5. The van der Waals surface area contributed by atoms with Gasteiger partial charge in [0.15, 0.2) is 17.2 Å². The van der Waals surface area contributed by atoms with Crippen LogP contribution in [0, 0.1) is 0 Å². The van der Waals surface area contributed by atoms with Gasteiger partial charge in [-0.1, -0.05) is 91.0 Å². The van der Waals surface area contributed by atoms with E-state index in [1.807, 2.05) is 66.7 Å². The molecule has 9 rings (SSSR count). The van der Waals surface area contributed by atoms with Crippen LogP contribution in [0.3, 0.4) is 0 Å². The van der Waals surface area contributed by atoms with E-state index in [4.69, 9.17) is 14.4 Å². The summed E-state index contributed by atoms with van der Waals surface area (Å²) >= 11 is 0. The Kier molecular flexibility index (Phi) is 6.03. The minimum atomic E-state index is 0.599. The topological polar surface area (TPSA) is 69.6 Å². The predicted octanol–water partition coefficient (Wildman–Crippen LogP) is 9.78. The zero-order valence-corrected chi connectivity index (χ0v) is 24.6. The van der Waals surface area contributed by atoms with Crippen LogP contribution in [0.1, 0.15) is 0 Å². The largest absolute Gasteiger partial charge is 0.436 e. The standard InChI is InChI=1S/C40H25N5O/c1-3-11-26(12-4-1)28-19-21-35-31(23-28)32-24-29(40-43-33-16-8-10-18-37(33)46-40)20-22-36(32)45(35)34-17-9-7-15-30(34)39-42-25-41-38(44-39)27-13-5-2-6-14-27/h1-25H. The molecule has 6 nitrogen and oxygen atoms in total. The average molecular weight is 592 g/mol. The molecule has 0 radical (unpaired) electrons. The maximum atomic E-state index is 6.18. The van der Waals surface area contributed by atoms with Gasteiger partial charge in [-0.15, -0.1) is 0 Å². The smallest absolute Gasteiger partial charge is 0.227 e. The van der Waals surface area contributed by atoms with Crippen molar-refractivity contribution in [3.05, 3.63) is 152 Å². The van der Waals surface area contributed by atoms with E-state index in [1.165, 1.54) is 5.56 Å². The molecule has 0 bridgehead atoms. The molecule has 6 aromatic carbocycles. The summed E-state index contributed by atoms with van der Waals surface area (Å²) in [5.74, 6) is 1.85. The fourth-order valence-corrected chi connectivity index (χ4v) is 6.23. The van der Waals surface area contributed by atoms with Gasteiger partial charge >= 0.3 is 0 Å². The van der Waals surface area contributed by atoms with Crippen LogP contribution < -0.4 is 0 Å². The van der Waals surface area contributed by atoms with Crippen LogP contribution >= 0.6 is 0 Å². The first kappa shape index (κ1) is 26.0. The Morgan fingerprint density at radius 3 is 1.89 bits per heavy atom. The molecule has 0 fully saturated rings. The molecule has 0 saturated heterocycles. The number of benzene rings is 6. The van der Waals surface area contributed by atoms with E-state index in [2.05, 4.69) is 93.4 Å². The molecule has 6 heteroatoms. The zero-order valence-electron chi connectivity index (χ0n) is 24.6. The van der Waals surface area contributed by atoms with E-state index in [0.717, 1.165) is 60.8 Å². The lowest BCUT2D eigenvalue weighted by atomic mass is 10.0. The lowest BCUT2D eigenvalue weighted by molar-refractivity contribution is 0.620. The molecule has 9 aromatic rings. The van der Waals surface area contributed by atoms with E-state index >= 15 is 0 Å². The zero-order chi connectivity index (χ0) is 30.5. The second-order valence-corrected chi connectivity index (χ2v) is 11.2. The van der Waals surface area contributed by atoms with Gasteiger partial charge in [0, 0.05) is 27.5 Å². The van der Waals surface area contributed by atoms with Crippen LogP contribution in [0.4, 0.5) is 0 Å². The van der Waals surface area contributed by atoms with Crippen molar-refractivity contribution in [2.75, 3.05) is 0 Å². The van der Waals surface area contributed by atoms with Gasteiger partial charge in [0.1, 0.15) is 11.8 Å². The molecule has 0 aliphatic carbocycles. The summed E-state index contributed by atoms with van der Waals surface area (Å²) in [6.45, 7) is 0. The van der Waals surface area contributed by atoms with Gasteiger partial charge in [-0.3, -0.25) is 0 Å². The summed E-state index contributed by atoms with van der Waals surface area (Å²) in [6.07, 6.45) is 1.59. The number of rotatable bonds is 5. The number of nitrogens with zero attached hydrogens (tertiary/aromatic N) is 5. The van der Waals surface area contributed by atoms with Crippen LogP contribution in [-0.4, -0.2) is 24.5 Å². The first-order chi connectivity index (χ1) is 22.8. The molecule has 46 heavy (non-hydrogen) atoms. The Balaban J connectivity index is 1.28.